The van der Waals surface area contributed by atoms with Crippen LogP contribution in [0.15, 0.2) is 43.6 Å². The molecule has 116 valence electrons. The summed E-state index contributed by atoms with van der Waals surface area (Å²) < 4.78 is 2.33. The molecule has 4 aromatic heterocycles. The molecule has 0 fully saturated rings. The van der Waals surface area contributed by atoms with Crippen LogP contribution < -0.4 is 5.56 Å². The molecule has 0 saturated heterocycles. The first-order chi connectivity index (χ1) is 11.2. The Morgan fingerprint density at radius 2 is 2.09 bits per heavy atom. The Kier molecular flexibility index (Phi) is 4.06. The highest BCUT2D eigenvalue weighted by molar-refractivity contribution is 7.98. The number of aromatic nitrogens is 3. The van der Waals surface area contributed by atoms with Crippen LogP contribution in [0.2, 0.25) is 0 Å². The van der Waals surface area contributed by atoms with Crippen molar-refractivity contribution in [2.24, 2.45) is 7.05 Å². The van der Waals surface area contributed by atoms with Crippen LogP contribution >= 0.6 is 45.8 Å². The van der Waals surface area contributed by atoms with Gasteiger partial charge >= 0.3 is 0 Å². The molecule has 0 saturated carbocycles. The fourth-order valence-electron chi connectivity index (χ4n) is 2.13. The van der Waals surface area contributed by atoms with E-state index in [4.69, 9.17) is 0 Å². The molecule has 0 atom stereocenters. The van der Waals surface area contributed by atoms with Gasteiger partial charge in [-0.3, -0.25) is 9.36 Å². The molecule has 0 amide bonds. The molecule has 4 aromatic rings. The number of hydrogen-bond acceptors (Lipinski definition) is 7. The molecule has 0 spiro atoms. The van der Waals surface area contributed by atoms with Crippen molar-refractivity contribution in [3.05, 3.63) is 49.7 Å². The first kappa shape index (κ1) is 15.1. The van der Waals surface area contributed by atoms with Gasteiger partial charge in [0.05, 0.1) is 11.2 Å². The standard InChI is InChI=1S/C15H11N3OS4/c1-18-14(19)12-11(3-5-21-12)17-15(18)23-8-10-7-22-13(16-10)9-2-4-20-6-9/h2-7H,8H2,1H3. The van der Waals surface area contributed by atoms with E-state index < -0.39 is 0 Å². The summed E-state index contributed by atoms with van der Waals surface area (Å²) in [6.07, 6.45) is 0. The molecule has 0 aliphatic heterocycles. The predicted molar refractivity (Wildman–Crippen MR) is 99.8 cm³/mol. The van der Waals surface area contributed by atoms with Crippen molar-refractivity contribution in [2.45, 2.75) is 10.9 Å². The summed E-state index contributed by atoms with van der Waals surface area (Å²) in [5.74, 6) is 0.705. The fourth-order valence-corrected chi connectivity index (χ4v) is 5.43. The molecular weight excluding hydrogens is 366 g/mol. The summed E-state index contributed by atoms with van der Waals surface area (Å²) >= 11 is 6.31. The van der Waals surface area contributed by atoms with Crippen LogP contribution in [0.3, 0.4) is 0 Å². The van der Waals surface area contributed by atoms with Crippen LogP contribution in [-0.4, -0.2) is 14.5 Å². The monoisotopic (exact) mass is 377 g/mol. The summed E-state index contributed by atoms with van der Waals surface area (Å²) in [6.45, 7) is 0. The molecule has 4 rings (SSSR count). The van der Waals surface area contributed by atoms with E-state index in [1.807, 2.05) is 11.4 Å². The lowest BCUT2D eigenvalue weighted by Crippen LogP contribution is -2.18. The van der Waals surface area contributed by atoms with E-state index in [2.05, 4.69) is 32.2 Å². The number of hydrogen-bond donors (Lipinski definition) is 0. The minimum absolute atomic E-state index is 0.0183. The zero-order valence-electron chi connectivity index (χ0n) is 12.1. The van der Waals surface area contributed by atoms with Crippen LogP contribution in [0, 0.1) is 0 Å². The number of thiazole rings is 1. The summed E-state index contributed by atoms with van der Waals surface area (Å²) in [4.78, 5) is 21.5. The maximum atomic E-state index is 12.3. The van der Waals surface area contributed by atoms with E-state index in [0.29, 0.717) is 10.5 Å². The Morgan fingerprint density at radius 3 is 2.91 bits per heavy atom. The van der Waals surface area contributed by atoms with Gasteiger partial charge in [-0.25, -0.2) is 9.97 Å². The summed E-state index contributed by atoms with van der Waals surface area (Å²) in [6, 6.07) is 3.97. The van der Waals surface area contributed by atoms with Gasteiger partial charge < -0.3 is 0 Å². The first-order valence-electron chi connectivity index (χ1n) is 6.76. The number of nitrogens with zero attached hydrogens (tertiary/aromatic N) is 3. The zero-order chi connectivity index (χ0) is 15.8. The van der Waals surface area contributed by atoms with Crippen LogP contribution in [0.25, 0.3) is 20.8 Å². The SMILES string of the molecule is Cn1c(SCc2csc(-c3ccsc3)n2)nc2ccsc2c1=O. The zero-order valence-corrected chi connectivity index (χ0v) is 15.3. The first-order valence-corrected chi connectivity index (χ1v) is 10.4. The fraction of sp³-hybridized carbons (Fsp3) is 0.133. The molecule has 4 heterocycles. The maximum absolute atomic E-state index is 12.3. The Labute approximate surface area is 148 Å². The Balaban J connectivity index is 1.57. The highest BCUT2D eigenvalue weighted by Crippen LogP contribution is 2.28. The predicted octanol–water partition coefficient (Wildman–Crippen LogP) is 4.47. The number of fused-ring (bicyclic) bond motifs is 1. The minimum atomic E-state index is 0.0183. The third kappa shape index (κ3) is 2.87. The van der Waals surface area contributed by atoms with Gasteiger partial charge in [0.1, 0.15) is 9.71 Å². The summed E-state index contributed by atoms with van der Waals surface area (Å²) in [5, 5.41) is 9.90. The quantitative estimate of drug-likeness (QED) is 0.389. The highest BCUT2D eigenvalue weighted by Gasteiger charge is 2.11. The Morgan fingerprint density at radius 1 is 1.17 bits per heavy atom. The van der Waals surface area contributed by atoms with Crippen molar-refractivity contribution in [3.8, 4) is 10.6 Å². The van der Waals surface area contributed by atoms with Gasteiger partial charge in [-0.15, -0.1) is 22.7 Å². The molecular formula is C15H11N3OS4. The van der Waals surface area contributed by atoms with E-state index in [9.17, 15) is 4.79 Å². The molecule has 0 radical (unpaired) electrons. The van der Waals surface area contributed by atoms with Crippen molar-refractivity contribution >= 4 is 56.0 Å². The van der Waals surface area contributed by atoms with Gasteiger partial charge in [-0.05, 0) is 22.9 Å². The van der Waals surface area contributed by atoms with Crippen LogP contribution in [0.4, 0.5) is 0 Å². The number of thioether (sulfide) groups is 1. The van der Waals surface area contributed by atoms with Gasteiger partial charge in [0.15, 0.2) is 5.16 Å². The lowest BCUT2D eigenvalue weighted by atomic mass is 10.4. The smallest absolute Gasteiger partial charge is 0.271 e. The van der Waals surface area contributed by atoms with Crippen molar-refractivity contribution < 1.29 is 0 Å². The second-order valence-electron chi connectivity index (χ2n) is 4.84. The van der Waals surface area contributed by atoms with Gasteiger partial charge in [0.2, 0.25) is 0 Å². The number of thiophene rings is 2. The molecule has 0 aliphatic carbocycles. The third-order valence-corrected chi connectivity index (χ3v) is 6.89. The van der Waals surface area contributed by atoms with E-state index in [-0.39, 0.29) is 5.56 Å². The van der Waals surface area contributed by atoms with Crippen molar-refractivity contribution in [3.63, 3.8) is 0 Å². The van der Waals surface area contributed by atoms with Crippen molar-refractivity contribution in [1.82, 2.24) is 14.5 Å². The molecule has 8 heteroatoms. The normalized spacial score (nSPS) is 11.3. The van der Waals surface area contributed by atoms with Crippen molar-refractivity contribution in [2.75, 3.05) is 0 Å². The lowest BCUT2D eigenvalue weighted by molar-refractivity contribution is 0.727. The number of rotatable bonds is 4. The van der Waals surface area contributed by atoms with E-state index >= 15 is 0 Å². The van der Waals surface area contributed by atoms with Crippen LogP contribution in [0.1, 0.15) is 5.69 Å². The Hall–Kier alpha value is -1.48. The van der Waals surface area contributed by atoms with E-state index in [1.54, 1.807) is 46.1 Å². The van der Waals surface area contributed by atoms with Crippen LogP contribution in [-0.2, 0) is 12.8 Å². The molecule has 0 aliphatic rings. The minimum Gasteiger partial charge on any atom is -0.290 e. The largest absolute Gasteiger partial charge is 0.290 e. The van der Waals surface area contributed by atoms with E-state index in [1.165, 1.54) is 16.9 Å². The van der Waals surface area contributed by atoms with E-state index in [0.717, 1.165) is 21.4 Å². The molecule has 0 N–H and O–H groups in total. The summed E-state index contributed by atoms with van der Waals surface area (Å²) in [7, 11) is 1.77. The molecule has 4 nitrogen and oxygen atoms in total. The topological polar surface area (TPSA) is 47.8 Å². The molecule has 0 unspecified atom stereocenters. The average molecular weight is 378 g/mol. The molecule has 0 bridgehead atoms. The van der Waals surface area contributed by atoms with Gasteiger partial charge in [0, 0.05) is 29.1 Å². The Bertz CT molecular complexity index is 1010. The van der Waals surface area contributed by atoms with Crippen LogP contribution in [0.5, 0.6) is 0 Å². The second kappa shape index (κ2) is 6.20. The average Bonchev–Trinajstić information content (AvgIpc) is 3.29. The second-order valence-corrected chi connectivity index (χ2v) is 8.33. The third-order valence-electron chi connectivity index (χ3n) is 3.32. The van der Waals surface area contributed by atoms with Crippen molar-refractivity contribution in [1.29, 1.82) is 0 Å². The molecule has 0 aromatic carbocycles. The summed E-state index contributed by atoms with van der Waals surface area (Å²) in [5.41, 5.74) is 2.98. The van der Waals surface area contributed by atoms with Gasteiger partial charge in [-0.1, -0.05) is 11.8 Å². The van der Waals surface area contributed by atoms with Gasteiger partial charge in [-0.2, -0.15) is 11.3 Å². The maximum Gasteiger partial charge on any atom is 0.271 e. The van der Waals surface area contributed by atoms with Gasteiger partial charge in [0.25, 0.3) is 5.56 Å². The highest BCUT2D eigenvalue weighted by atomic mass is 32.2. The lowest BCUT2D eigenvalue weighted by Gasteiger charge is -2.05. The molecule has 23 heavy (non-hydrogen) atoms.